The predicted octanol–water partition coefficient (Wildman–Crippen LogP) is 8.41. The van der Waals surface area contributed by atoms with Gasteiger partial charge in [0, 0.05) is 5.39 Å². The first kappa shape index (κ1) is 21.5. The van der Waals surface area contributed by atoms with E-state index < -0.39 is 11.6 Å². The summed E-state index contributed by atoms with van der Waals surface area (Å²) in [4.78, 5) is 0. The van der Waals surface area contributed by atoms with Crippen molar-refractivity contribution in [1.82, 2.24) is 0 Å². The summed E-state index contributed by atoms with van der Waals surface area (Å²) in [6, 6.07) is 7.62. The Morgan fingerprint density at radius 1 is 0.900 bits per heavy atom. The zero-order chi connectivity index (χ0) is 21.1. The molecule has 2 aliphatic rings. The molecule has 0 aromatic heterocycles. The SMILES string of the molecule is C=CC1CCC(C2CCC(CCc3cc4ccc(CC)cc4c(F)c3F)CC2)CC1. The van der Waals surface area contributed by atoms with E-state index in [2.05, 4.69) is 12.7 Å². The van der Waals surface area contributed by atoms with Crippen molar-refractivity contribution in [3.63, 3.8) is 0 Å². The third-order valence-electron chi connectivity index (χ3n) is 8.10. The minimum absolute atomic E-state index is 0.419. The number of fused-ring (bicyclic) bond motifs is 1. The molecule has 2 aromatic carbocycles. The lowest BCUT2D eigenvalue weighted by Crippen LogP contribution is -2.25. The highest BCUT2D eigenvalue weighted by Crippen LogP contribution is 2.42. The van der Waals surface area contributed by atoms with Crippen LogP contribution in [0.1, 0.15) is 75.8 Å². The van der Waals surface area contributed by atoms with Gasteiger partial charge in [0.15, 0.2) is 11.6 Å². The van der Waals surface area contributed by atoms with Gasteiger partial charge in [0.1, 0.15) is 0 Å². The maximum atomic E-state index is 14.7. The van der Waals surface area contributed by atoms with E-state index in [4.69, 9.17) is 0 Å². The highest BCUT2D eigenvalue weighted by Gasteiger charge is 2.30. The van der Waals surface area contributed by atoms with Gasteiger partial charge in [-0.3, -0.25) is 0 Å². The molecule has 2 heteroatoms. The molecule has 0 nitrogen and oxygen atoms in total. The molecule has 0 radical (unpaired) electrons. The third-order valence-corrected chi connectivity index (χ3v) is 8.10. The second-order valence-corrected chi connectivity index (χ2v) is 9.80. The zero-order valence-electron chi connectivity index (χ0n) is 18.4. The molecule has 0 unspecified atom stereocenters. The number of allylic oxidation sites excluding steroid dienone is 1. The first-order valence-corrected chi connectivity index (χ1v) is 12.1. The average molecular weight is 411 g/mol. The van der Waals surface area contributed by atoms with Crippen LogP contribution >= 0.6 is 0 Å². The second kappa shape index (κ2) is 9.62. The number of halogens is 2. The van der Waals surface area contributed by atoms with E-state index in [1.807, 2.05) is 25.1 Å². The van der Waals surface area contributed by atoms with Gasteiger partial charge in [-0.15, -0.1) is 6.58 Å². The Morgan fingerprint density at radius 3 is 2.20 bits per heavy atom. The number of hydrogen-bond donors (Lipinski definition) is 0. The van der Waals surface area contributed by atoms with Crippen LogP contribution in [0, 0.1) is 35.3 Å². The molecule has 4 rings (SSSR count). The van der Waals surface area contributed by atoms with E-state index in [9.17, 15) is 8.78 Å². The smallest absolute Gasteiger partial charge is 0.166 e. The van der Waals surface area contributed by atoms with Gasteiger partial charge in [-0.25, -0.2) is 8.78 Å². The van der Waals surface area contributed by atoms with Crippen LogP contribution < -0.4 is 0 Å². The summed E-state index contributed by atoms with van der Waals surface area (Å²) < 4.78 is 29.4. The summed E-state index contributed by atoms with van der Waals surface area (Å²) in [5.74, 6) is 1.88. The molecular weight excluding hydrogens is 374 g/mol. The summed E-state index contributed by atoms with van der Waals surface area (Å²) in [5.41, 5.74) is 1.59. The van der Waals surface area contributed by atoms with Crippen LogP contribution in [-0.4, -0.2) is 0 Å². The van der Waals surface area contributed by atoms with Crippen LogP contribution in [0.3, 0.4) is 0 Å². The summed E-state index contributed by atoms with van der Waals surface area (Å²) in [6.07, 6.45) is 15.1. The lowest BCUT2D eigenvalue weighted by molar-refractivity contribution is 0.152. The number of benzene rings is 2. The van der Waals surface area contributed by atoms with Crippen molar-refractivity contribution in [2.45, 2.75) is 77.6 Å². The van der Waals surface area contributed by atoms with Gasteiger partial charge in [0.05, 0.1) is 0 Å². The lowest BCUT2D eigenvalue weighted by Gasteiger charge is -2.37. The molecule has 2 aliphatic carbocycles. The van der Waals surface area contributed by atoms with Crippen LogP contribution in [-0.2, 0) is 12.8 Å². The van der Waals surface area contributed by atoms with Crippen LogP contribution in [0.15, 0.2) is 36.9 Å². The van der Waals surface area contributed by atoms with Gasteiger partial charge in [-0.05, 0) is 110 Å². The summed E-state index contributed by atoms with van der Waals surface area (Å²) in [6.45, 7) is 6.00. The van der Waals surface area contributed by atoms with E-state index in [0.29, 0.717) is 23.3 Å². The van der Waals surface area contributed by atoms with Gasteiger partial charge in [-0.1, -0.05) is 38.0 Å². The molecule has 2 fully saturated rings. The molecule has 0 atom stereocenters. The van der Waals surface area contributed by atoms with Crippen molar-refractivity contribution in [2.75, 3.05) is 0 Å². The summed E-state index contributed by atoms with van der Waals surface area (Å²) >= 11 is 0. The third kappa shape index (κ3) is 4.63. The second-order valence-electron chi connectivity index (χ2n) is 9.80. The molecule has 162 valence electrons. The van der Waals surface area contributed by atoms with Gasteiger partial charge >= 0.3 is 0 Å². The Bertz CT molecular complexity index is 868. The lowest BCUT2D eigenvalue weighted by atomic mass is 9.68. The van der Waals surface area contributed by atoms with Gasteiger partial charge in [0.2, 0.25) is 0 Å². The molecule has 0 saturated heterocycles. The fraction of sp³-hybridized carbons (Fsp3) is 0.571. The topological polar surface area (TPSA) is 0 Å². The molecule has 0 aliphatic heterocycles. The van der Waals surface area contributed by atoms with Crippen LogP contribution in [0.4, 0.5) is 8.78 Å². The molecule has 30 heavy (non-hydrogen) atoms. The first-order valence-electron chi connectivity index (χ1n) is 12.1. The predicted molar refractivity (Wildman–Crippen MR) is 123 cm³/mol. The fourth-order valence-electron chi connectivity index (χ4n) is 5.99. The average Bonchev–Trinajstić information content (AvgIpc) is 2.80. The highest BCUT2D eigenvalue weighted by atomic mass is 19.2. The molecular formula is C28H36F2. The van der Waals surface area contributed by atoms with E-state index >= 15 is 0 Å². The summed E-state index contributed by atoms with van der Waals surface area (Å²) in [7, 11) is 0. The van der Waals surface area contributed by atoms with E-state index in [-0.39, 0.29) is 0 Å². The quantitative estimate of drug-likeness (QED) is 0.419. The zero-order valence-corrected chi connectivity index (χ0v) is 18.4. The number of rotatable bonds is 6. The summed E-state index contributed by atoms with van der Waals surface area (Å²) in [5, 5.41) is 1.24. The normalized spacial score (nSPS) is 27.3. The maximum absolute atomic E-state index is 14.7. The van der Waals surface area contributed by atoms with Crippen LogP contribution in [0.2, 0.25) is 0 Å². The maximum Gasteiger partial charge on any atom is 0.166 e. The van der Waals surface area contributed by atoms with Crippen LogP contribution in [0.25, 0.3) is 10.8 Å². The van der Waals surface area contributed by atoms with Crippen molar-refractivity contribution < 1.29 is 8.78 Å². The molecule has 0 spiro atoms. The Balaban J connectivity index is 1.33. The highest BCUT2D eigenvalue weighted by molar-refractivity contribution is 5.84. The monoisotopic (exact) mass is 410 g/mol. The standard InChI is InChI=1S/C28H36F2/c1-3-19-5-11-22(12-6-19)23-13-8-21(9-14-23)10-16-25-18-24-15-7-20(4-2)17-26(24)28(30)27(25)29/h3,7,15,17-19,21-23H,1,4-6,8-14,16H2,2H3. The van der Waals surface area contributed by atoms with E-state index in [1.54, 1.807) is 6.07 Å². The van der Waals surface area contributed by atoms with Gasteiger partial charge in [-0.2, -0.15) is 0 Å². The molecule has 0 amide bonds. The largest absolute Gasteiger partial charge is 0.203 e. The number of aryl methyl sites for hydroxylation is 2. The van der Waals surface area contributed by atoms with Crippen molar-refractivity contribution in [3.8, 4) is 0 Å². The molecule has 0 heterocycles. The van der Waals surface area contributed by atoms with E-state index in [0.717, 1.165) is 41.5 Å². The minimum atomic E-state index is -0.670. The van der Waals surface area contributed by atoms with Crippen LogP contribution in [0.5, 0.6) is 0 Å². The molecule has 2 aromatic rings. The molecule has 0 N–H and O–H groups in total. The Labute approximate surface area is 180 Å². The Morgan fingerprint density at radius 2 is 1.57 bits per heavy atom. The van der Waals surface area contributed by atoms with Gasteiger partial charge in [0.25, 0.3) is 0 Å². The van der Waals surface area contributed by atoms with Crippen molar-refractivity contribution >= 4 is 10.8 Å². The van der Waals surface area contributed by atoms with Gasteiger partial charge < -0.3 is 0 Å². The number of hydrogen-bond acceptors (Lipinski definition) is 0. The van der Waals surface area contributed by atoms with Crippen molar-refractivity contribution in [1.29, 1.82) is 0 Å². The first-order chi connectivity index (χ1) is 14.6. The minimum Gasteiger partial charge on any atom is -0.203 e. The molecule has 2 saturated carbocycles. The molecule has 0 bridgehead atoms. The van der Waals surface area contributed by atoms with E-state index in [1.165, 1.54) is 51.4 Å². The van der Waals surface area contributed by atoms with Crippen molar-refractivity contribution in [2.24, 2.45) is 23.7 Å². The Hall–Kier alpha value is -1.70. The van der Waals surface area contributed by atoms with Crippen molar-refractivity contribution in [3.05, 3.63) is 59.7 Å². The Kier molecular flexibility index (Phi) is 6.91. The fourth-order valence-corrected chi connectivity index (χ4v) is 5.99.